The van der Waals surface area contributed by atoms with E-state index in [0.29, 0.717) is 79.7 Å². The minimum absolute atomic E-state index is 0.0155. The number of aliphatic hydroxyl groups excluding tert-OH is 1. The standard InChI is InChI=1S/C37H44N4O9S.C3H6S/c1-21-11-24-17-38-27-15-32(30(46-4)13-25(27)34(42)39(24)18-21)48-9-7-6-8-10-49-33-16-28-26(14-31(33)47-5)35(43)40-19-22(2)12-29(40)36(44)41(28)37(45)50-20-23(3)51;1-3-2-4-3/h13-17,23-24,29,36,44,51H,1-2,6-12,18-20H2,3-5H3;3H,2H2,1H3. The van der Waals surface area contributed by atoms with Crippen LogP contribution in [0.1, 0.15) is 66.7 Å². The summed E-state index contributed by atoms with van der Waals surface area (Å²) in [5, 5.41) is 12.2. The van der Waals surface area contributed by atoms with Gasteiger partial charge in [0.05, 0.1) is 62.0 Å². The number of ether oxygens (including phenoxy) is 5. The average Bonchev–Trinajstić information content (AvgIpc) is 3.75. The summed E-state index contributed by atoms with van der Waals surface area (Å²) in [6.45, 7) is 13.6. The lowest BCUT2D eigenvalue weighted by Gasteiger charge is -2.31. The number of fused-ring (bicyclic) bond motifs is 4. The van der Waals surface area contributed by atoms with E-state index >= 15 is 0 Å². The topological polar surface area (TPSA) is 140 Å². The van der Waals surface area contributed by atoms with Crippen molar-refractivity contribution in [2.45, 2.75) is 74.8 Å². The number of amides is 3. The number of rotatable bonds is 12. The molecule has 3 amide bonds. The molecule has 5 heterocycles. The van der Waals surface area contributed by atoms with E-state index in [1.165, 1.54) is 30.9 Å². The Hall–Kier alpha value is -4.34. The number of carbonyl (C=O) groups excluding carboxylic acids is 3. The lowest BCUT2D eigenvalue weighted by Crippen LogP contribution is -2.51. The third-order valence-electron chi connectivity index (χ3n) is 9.83. The number of unbranched alkanes of at least 4 members (excludes halogenated alkanes) is 2. The molecule has 3 saturated heterocycles. The van der Waals surface area contributed by atoms with Crippen LogP contribution in [0.5, 0.6) is 23.0 Å². The first-order chi connectivity index (χ1) is 26.4. The number of aliphatic imine (C=N–C) groups is 1. The Morgan fingerprint density at radius 3 is 2.13 bits per heavy atom. The lowest BCUT2D eigenvalue weighted by molar-refractivity contribution is 0.0491. The molecule has 0 aromatic heterocycles. The van der Waals surface area contributed by atoms with Crippen LogP contribution in [0.25, 0.3) is 0 Å². The number of hydrogen-bond acceptors (Lipinski definition) is 12. The van der Waals surface area contributed by atoms with Gasteiger partial charge in [0.25, 0.3) is 11.8 Å². The second-order valence-corrected chi connectivity index (χ2v) is 16.7. The molecule has 0 bridgehead atoms. The van der Waals surface area contributed by atoms with Crippen molar-refractivity contribution in [1.82, 2.24) is 9.80 Å². The number of thioether (sulfide) groups is 1. The van der Waals surface area contributed by atoms with E-state index < -0.39 is 18.4 Å². The number of benzene rings is 2. The molecule has 0 aliphatic carbocycles. The maximum absolute atomic E-state index is 13.7. The van der Waals surface area contributed by atoms with Crippen molar-refractivity contribution in [3.05, 3.63) is 59.7 Å². The van der Waals surface area contributed by atoms with Gasteiger partial charge in [-0.25, -0.2) is 9.69 Å². The largest absolute Gasteiger partial charge is 0.493 e. The number of aliphatic hydroxyl groups is 1. The predicted octanol–water partition coefficient (Wildman–Crippen LogP) is 6.30. The first-order valence-electron chi connectivity index (χ1n) is 18.5. The van der Waals surface area contributed by atoms with Crippen molar-refractivity contribution in [2.75, 3.05) is 57.8 Å². The van der Waals surface area contributed by atoms with Gasteiger partial charge in [0.2, 0.25) is 0 Å². The number of methoxy groups -OCH3 is 2. The molecule has 5 unspecified atom stereocenters. The van der Waals surface area contributed by atoms with Crippen molar-refractivity contribution >= 4 is 59.9 Å². The predicted molar refractivity (Wildman–Crippen MR) is 216 cm³/mol. The smallest absolute Gasteiger partial charge is 0.416 e. The normalized spacial score (nSPS) is 22.7. The van der Waals surface area contributed by atoms with Gasteiger partial charge in [-0.05, 0) is 44.2 Å². The summed E-state index contributed by atoms with van der Waals surface area (Å²) in [6.07, 6.45) is 2.80. The van der Waals surface area contributed by atoms with Crippen LogP contribution in [0.3, 0.4) is 0 Å². The molecule has 13 nitrogen and oxygen atoms in total. The molecule has 1 N–H and O–H groups in total. The highest BCUT2D eigenvalue weighted by Crippen LogP contribution is 2.42. The molecule has 2 aromatic rings. The second-order valence-electron chi connectivity index (χ2n) is 14.3. The summed E-state index contributed by atoms with van der Waals surface area (Å²) in [6, 6.07) is 5.72. The molecule has 0 spiro atoms. The van der Waals surface area contributed by atoms with Crippen LogP contribution in [-0.2, 0) is 4.74 Å². The van der Waals surface area contributed by atoms with Gasteiger partial charge < -0.3 is 38.6 Å². The van der Waals surface area contributed by atoms with Gasteiger partial charge >= 0.3 is 6.09 Å². The molecule has 5 aliphatic rings. The molecule has 7 rings (SSSR count). The molecular weight excluding hydrogens is 745 g/mol. The van der Waals surface area contributed by atoms with Crippen molar-refractivity contribution in [3.8, 4) is 23.0 Å². The fraction of sp³-hybridized carbons (Fsp3) is 0.500. The molecular formula is C40H50N4O9S2. The summed E-state index contributed by atoms with van der Waals surface area (Å²) in [5.41, 5.74) is 3.14. The maximum Gasteiger partial charge on any atom is 0.416 e. The summed E-state index contributed by atoms with van der Waals surface area (Å²) in [5.74, 6) is 2.54. The molecule has 15 heteroatoms. The highest BCUT2D eigenvalue weighted by molar-refractivity contribution is 8.06. The van der Waals surface area contributed by atoms with E-state index in [1.54, 1.807) is 36.2 Å². The lowest BCUT2D eigenvalue weighted by atomic mass is 10.1. The van der Waals surface area contributed by atoms with E-state index in [4.69, 9.17) is 23.7 Å². The minimum Gasteiger partial charge on any atom is -0.493 e. The summed E-state index contributed by atoms with van der Waals surface area (Å²) < 4.78 is 28.8. The average molecular weight is 795 g/mol. The van der Waals surface area contributed by atoms with Gasteiger partial charge in [0, 0.05) is 47.7 Å². The summed E-state index contributed by atoms with van der Waals surface area (Å²) in [4.78, 5) is 49.3. The monoisotopic (exact) mass is 794 g/mol. The second kappa shape index (κ2) is 17.6. The van der Waals surface area contributed by atoms with Gasteiger partial charge in [-0.1, -0.05) is 38.2 Å². The van der Waals surface area contributed by atoms with E-state index in [9.17, 15) is 19.5 Å². The van der Waals surface area contributed by atoms with Crippen molar-refractivity contribution in [1.29, 1.82) is 0 Å². The Morgan fingerprint density at radius 2 is 1.51 bits per heavy atom. The maximum atomic E-state index is 13.7. The van der Waals surface area contributed by atoms with Crippen LogP contribution in [0.4, 0.5) is 16.2 Å². The van der Waals surface area contributed by atoms with Gasteiger partial charge in [0.1, 0.15) is 6.61 Å². The number of nitrogens with zero attached hydrogens (tertiary/aromatic N) is 4. The van der Waals surface area contributed by atoms with Gasteiger partial charge in [-0.2, -0.15) is 24.4 Å². The zero-order chi connectivity index (χ0) is 39.4. The molecule has 0 saturated carbocycles. The molecule has 3 fully saturated rings. The minimum atomic E-state index is -1.37. The fourth-order valence-electron chi connectivity index (χ4n) is 6.89. The fourth-order valence-corrected chi connectivity index (χ4v) is 7.16. The Bertz CT molecular complexity index is 1850. The quantitative estimate of drug-likeness (QED) is 0.109. The molecule has 296 valence electrons. The van der Waals surface area contributed by atoms with Gasteiger partial charge in [-0.15, -0.1) is 0 Å². The van der Waals surface area contributed by atoms with Crippen LogP contribution in [0.15, 0.2) is 53.6 Å². The highest BCUT2D eigenvalue weighted by Gasteiger charge is 2.46. The highest BCUT2D eigenvalue weighted by atomic mass is 32.2. The zero-order valence-electron chi connectivity index (χ0n) is 31.8. The van der Waals surface area contributed by atoms with Crippen molar-refractivity contribution < 1.29 is 43.2 Å². The molecule has 0 radical (unpaired) electrons. The van der Waals surface area contributed by atoms with E-state index in [1.807, 2.05) is 11.8 Å². The molecule has 5 aliphatic heterocycles. The van der Waals surface area contributed by atoms with E-state index in [0.717, 1.165) is 27.7 Å². The third kappa shape index (κ3) is 9.21. The van der Waals surface area contributed by atoms with Crippen molar-refractivity contribution in [2.24, 2.45) is 4.99 Å². The zero-order valence-corrected chi connectivity index (χ0v) is 33.5. The number of anilines is 1. The Labute approximate surface area is 332 Å². The molecule has 5 atom stereocenters. The first-order valence-corrected chi connectivity index (χ1v) is 20.1. The van der Waals surface area contributed by atoms with E-state index in [-0.39, 0.29) is 47.5 Å². The summed E-state index contributed by atoms with van der Waals surface area (Å²) >= 11 is 6.32. The number of hydrogen-bond donors (Lipinski definition) is 2. The first kappa shape index (κ1) is 40.3. The van der Waals surface area contributed by atoms with Crippen LogP contribution in [0.2, 0.25) is 0 Å². The van der Waals surface area contributed by atoms with Gasteiger partial charge in [0.15, 0.2) is 29.2 Å². The Balaban J connectivity index is 0.00000121. The Kier molecular flexibility index (Phi) is 12.9. The third-order valence-corrected chi connectivity index (χ3v) is 11.0. The van der Waals surface area contributed by atoms with Gasteiger partial charge in [-0.3, -0.25) is 14.6 Å². The Morgan fingerprint density at radius 1 is 0.927 bits per heavy atom. The SMILES string of the molecule is C=C1CC2C=Nc3cc(OCCCCCOc4cc5c(cc4OC)C(=O)N4CC(=C)CC4C(O)N5C(=O)OCC(C)S)c(OC)cc3C(=O)N2C1.CC1CS1. The van der Waals surface area contributed by atoms with Crippen LogP contribution >= 0.6 is 24.4 Å². The number of thiol groups is 1. The van der Waals surface area contributed by atoms with Crippen molar-refractivity contribution in [3.63, 3.8) is 0 Å². The van der Waals surface area contributed by atoms with Crippen LogP contribution in [0, 0.1) is 0 Å². The van der Waals surface area contributed by atoms with Crippen LogP contribution in [-0.4, -0.2) is 121 Å². The van der Waals surface area contributed by atoms with E-state index in [2.05, 4.69) is 37.7 Å². The summed E-state index contributed by atoms with van der Waals surface area (Å²) in [7, 11) is 3.01. The molecule has 55 heavy (non-hydrogen) atoms. The number of carbonyl (C=O) groups is 3. The van der Waals surface area contributed by atoms with Crippen LogP contribution < -0.4 is 23.8 Å². The molecule has 2 aromatic carbocycles.